The summed E-state index contributed by atoms with van der Waals surface area (Å²) in [6, 6.07) is 4.38. The van der Waals surface area contributed by atoms with E-state index in [-0.39, 0.29) is 0 Å². The van der Waals surface area contributed by atoms with Gasteiger partial charge in [-0.3, -0.25) is 0 Å². The minimum atomic E-state index is 0.499. The van der Waals surface area contributed by atoms with Crippen LogP contribution >= 0.6 is 0 Å². The minimum Gasteiger partial charge on any atom is -0.381 e. The fourth-order valence-electron chi connectivity index (χ4n) is 2.65. The molecule has 0 amide bonds. The lowest BCUT2D eigenvalue weighted by molar-refractivity contribution is 0.193. The minimum absolute atomic E-state index is 0.499. The molecule has 1 saturated heterocycles. The Balaban J connectivity index is 1.74. The van der Waals surface area contributed by atoms with E-state index in [0.717, 1.165) is 31.2 Å². The van der Waals surface area contributed by atoms with Gasteiger partial charge in [-0.05, 0) is 36.8 Å². The number of fused-ring (bicyclic) bond motifs is 1. The monoisotopic (exact) mass is 228 g/mol. The molecule has 1 aliphatic heterocycles. The highest BCUT2D eigenvalue weighted by Crippen LogP contribution is 2.40. The summed E-state index contributed by atoms with van der Waals surface area (Å²) >= 11 is 0. The number of rotatable bonds is 2. The number of aromatic nitrogens is 2. The summed E-state index contributed by atoms with van der Waals surface area (Å²) in [6.45, 7) is 1.71. The number of pyridine rings is 1. The lowest BCUT2D eigenvalue weighted by Crippen LogP contribution is -1.96. The lowest BCUT2D eigenvalue weighted by Gasteiger charge is -2.00. The van der Waals surface area contributed by atoms with Crippen LogP contribution in [0.1, 0.15) is 42.4 Å². The first-order valence-corrected chi connectivity index (χ1v) is 6.46. The molecule has 1 atom stereocenters. The van der Waals surface area contributed by atoms with E-state index in [9.17, 15) is 0 Å². The number of hydrogen-bond donors (Lipinski definition) is 0. The van der Waals surface area contributed by atoms with Crippen LogP contribution in [0.25, 0.3) is 5.65 Å². The van der Waals surface area contributed by atoms with Crippen LogP contribution in [0, 0.1) is 0 Å². The van der Waals surface area contributed by atoms with Crippen molar-refractivity contribution in [3.63, 3.8) is 0 Å². The molecule has 2 fully saturated rings. The maximum absolute atomic E-state index is 5.43. The van der Waals surface area contributed by atoms with Crippen LogP contribution in [0.15, 0.2) is 24.5 Å². The summed E-state index contributed by atoms with van der Waals surface area (Å²) in [5.74, 6) is 1.30. The van der Waals surface area contributed by atoms with Crippen molar-refractivity contribution in [3.05, 3.63) is 35.8 Å². The number of imidazole rings is 1. The molecule has 1 unspecified atom stereocenters. The maximum atomic E-state index is 5.43. The van der Waals surface area contributed by atoms with Gasteiger partial charge >= 0.3 is 0 Å². The standard InChI is InChI=1S/C14H16N2O/c1-2-10(1)11-3-4-14-15-13(8-16(14)7-11)12-5-6-17-9-12/h3-4,7-8,10,12H,1-2,5-6,9H2. The molecule has 1 aliphatic carbocycles. The maximum Gasteiger partial charge on any atom is 0.137 e. The summed E-state index contributed by atoms with van der Waals surface area (Å²) in [6.07, 6.45) is 8.24. The molecule has 1 saturated carbocycles. The first-order chi connectivity index (χ1) is 8.40. The van der Waals surface area contributed by atoms with E-state index in [1.165, 1.54) is 24.1 Å². The van der Waals surface area contributed by atoms with Crippen molar-refractivity contribution in [3.8, 4) is 0 Å². The largest absolute Gasteiger partial charge is 0.381 e. The summed E-state index contributed by atoms with van der Waals surface area (Å²) in [7, 11) is 0. The van der Waals surface area contributed by atoms with Crippen molar-refractivity contribution in [1.82, 2.24) is 9.38 Å². The van der Waals surface area contributed by atoms with E-state index in [2.05, 4.69) is 28.9 Å². The summed E-state index contributed by atoms with van der Waals surface area (Å²) in [5.41, 5.74) is 3.72. The van der Waals surface area contributed by atoms with Gasteiger partial charge in [0.15, 0.2) is 0 Å². The molecule has 0 spiro atoms. The fraction of sp³-hybridized carbons (Fsp3) is 0.500. The Morgan fingerprint density at radius 2 is 2.06 bits per heavy atom. The van der Waals surface area contributed by atoms with Crippen LogP contribution in [-0.2, 0) is 4.74 Å². The predicted octanol–water partition coefficient (Wildman–Crippen LogP) is 2.72. The van der Waals surface area contributed by atoms with Gasteiger partial charge in [0.05, 0.1) is 12.3 Å². The van der Waals surface area contributed by atoms with Gasteiger partial charge in [-0.15, -0.1) is 0 Å². The van der Waals surface area contributed by atoms with Crippen LogP contribution in [0.2, 0.25) is 0 Å². The van der Waals surface area contributed by atoms with Gasteiger partial charge in [0.2, 0.25) is 0 Å². The molecule has 2 aliphatic rings. The Hall–Kier alpha value is -1.35. The molecule has 88 valence electrons. The predicted molar refractivity (Wildman–Crippen MR) is 65.3 cm³/mol. The smallest absolute Gasteiger partial charge is 0.137 e. The average molecular weight is 228 g/mol. The van der Waals surface area contributed by atoms with Crippen LogP contribution < -0.4 is 0 Å². The van der Waals surface area contributed by atoms with Gasteiger partial charge < -0.3 is 9.14 Å². The van der Waals surface area contributed by atoms with Crippen molar-refractivity contribution in [2.24, 2.45) is 0 Å². The van der Waals surface area contributed by atoms with Crippen LogP contribution in [-0.4, -0.2) is 22.6 Å². The molecule has 3 heterocycles. The summed E-state index contributed by atoms with van der Waals surface area (Å²) in [5, 5.41) is 0. The lowest BCUT2D eigenvalue weighted by atomic mass is 10.1. The zero-order valence-electron chi connectivity index (χ0n) is 9.80. The van der Waals surface area contributed by atoms with Gasteiger partial charge in [0, 0.05) is 24.9 Å². The van der Waals surface area contributed by atoms with Crippen LogP contribution in [0.4, 0.5) is 0 Å². The number of hydrogen-bond acceptors (Lipinski definition) is 2. The highest BCUT2D eigenvalue weighted by Gasteiger charge is 2.24. The van der Waals surface area contributed by atoms with Crippen LogP contribution in [0.3, 0.4) is 0 Å². The highest BCUT2D eigenvalue weighted by molar-refractivity contribution is 5.43. The van der Waals surface area contributed by atoms with Gasteiger partial charge in [-0.25, -0.2) is 4.98 Å². The fourth-order valence-corrected chi connectivity index (χ4v) is 2.65. The molecule has 2 aromatic heterocycles. The van der Waals surface area contributed by atoms with Crippen molar-refractivity contribution >= 4 is 5.65 Å². The van der Waals surface area contributed by atoms with E-state index in [1.54, 1.807) is 0 Å². The second kappa shape index (κ2) is 3.57. The Morgan fingerprint density at radius 3 is 2.82 bits per heavy atom. The SMILES string of the molecule is c1cc2nc(C3CCOC3)cn2cc1C1CC1. The molecule has 0 aromatic carbocycles. The number of ether oxygens (including phenoxy) is 1. The van der Waals surface area contributed by atoms with Gasteiger partial charge in [0.1, 0.15) is 5.65 Å². The number of nitrogens with zero attached hydrogens (tertiary/aromatic N) is 2. The topological polar surface area (TPSA) is 26.5 Å². The second-order valence-electron chi connectivity index (χ2n) is 5.23. The molecule has 3 heteroatoms. The Bertz CT molecular complexity index is 550. The molecule has 0 radical (unpaired) electrons. The zero-order chi connectivity index (χ0) is 11.2. The Kier molecular flexibility index (Phi) is 2.03. The van der Waals surface area contributed by atoms with Crippen LogP contribution in [0.5, 0.6) is 0 Å². The zero-order valence-corrected chi connectivity index (χ0v) is 9.80. The van der Waals surface area contributed by atoms with Crippen molar-refractivity contribution in [2.45, 2.75) is 31.1 Å². The average Bonchev–Trinajstić information content (AvgIpc) is 2.92. The molecule has 4 rings (SSSR count). The van der Waals surface area contributed by atoms with Gasteiger partial charge in [-0.2, -0.15) is 0 Å². The second-order valence-corrected chi connectivity index (χ2v) is 5.23. The van der Waals surface area contributed by atoms with E-state index < -0.39 is 0 Å². The molecular formula is C14H16N2O. The summed E-state index contributed by atoms with van der Waals surface area (Å²) < 4.78 is 7.61. The van der Waals surface area contributed by atoms with Crippen molar-refractivity contribution in [2.75, 3.05) is 13.2 Å². The van der Waals surface area contributed by atoms with E-state index in [1.807, 2.05) is 0 Å². The first-order valence-electron chi connectivity index (χ1n) is 6.46. The molecule has 2 aromatic rings. The van der Waals surface area contributed by atoms with E-state index in [4.69, 9.17) is 9.72 Å². The van der Waals surface area contributed by atoms with Gasteiger partial charge in [0.25, 0.3) is 0 Å². The van der Waals surface area contributed by atoms with Crippen molar-refractivity contribution in [1.29, 1.82) is 0 Å². The third-order valence-corrected chi connectivity index (χ3v) is 3.89. The molecule has 0 N–H and O–H groups in total. The third-order valence-electron chi connectivity index (χ3n) is 3.89. The molecular weight excluding hydrogens is 212 g/mol. The summed E-state index contributed by atoms with van der Waals surface area (Å²) in [4.78, 5) is 4.70. The molecule has 17 heavy (non-hydrogen) atoms. The Labute approximate surface area is 100 Å². The Morgan fingerprint density at radius 1 is 1.12 bits per heavy atom. The highest BCUT2D eigenvalue weighted by atomic mass is 16.5. The van der Waals surface area contributed by atoms with E-state index >= 15 is 0 Å². The van der Waals surface area contributed by atoms with E-state index in [0.29, 0.717) is 5.92 Å². The van der Waals surface area contributed by atoms with Gasteiger partial charge in [-0.1, -0.05) is 6.07 Å². The first kappa shape index (κ1) is 9.66. The molecule has 0 bridgehead atoms. The third kappa shape index (κ3) is 1.65. The normalized spacial score (nSPS) is 24.6. The van der Waals surface area contributed by atoms with Crippen molar-refractivity contribution < 1.29 is 4.74 Å². The molecule has 3 nitrogen and oxygen atoms in total. The quantitative estimate of drug-likeness (QED) is 0.790.